The van der Waals surface area contributed by atoms with E-state index in [1.165, 1.54) is 0 Å². The minimum Gasteiger partial charge on any atom is -0.328 e. The molecule has 15 heavy (non-hydrogen) atoms. The van der Waals surface area contributed by atoms with Gasteiger partial charge in [-0.15, -0.1) is 0 Å². The summed E-state index contributed by atoms with van der Waals surface area (Å²) in [6, 6.07) is 5.83. The first-order chi connectivity index (χ1) is 7.15. The van der Waals surface area contributed by atoms with Crippen LogP contribution in [0.2, 0.25) is 5.02 Å². The number of hydrogen-bond acceptors (Lipinski definition) is 2. The molecule has 0 bridgehead atoms. The molecule has 1 heterocycles. The Balaban J connectivity index is 2.24. The summed E-state index contributed by atoms with van der Waals surface area (Å²) in [4.78, 5) is 7.23. The van der Waals surface area contributed by atoms with Crippen LogP contribution in [0.5, 0.6) is 0 Å². The number of nitrogens with one attached hydrogen (secondary N) is 2. The molecule has 78 valence electrons. The first-order valence-corrected chi connectivity index (χ1v) is 5.84. The van der Waals surface area contributed by atoms with Crippen molar-refractivity contribution in [3.8, 4) is 0 Å². The molecule has 2 aromatic rings. The zero-order valence-electron chi connectivity index (χ0n) is 8.01. The number of anilines is 2. The molecule has 1 aromatic carbocycles. The highest BCUT2D eigenvalue weighted by molar-refractivity contribution is 14.1. The van der Waals surface area contributed by atoms with Crippen molar-refractivity contribution in [2.24, 2.45) is 0 Å². The van der Waals surface area contributed by atoms with Crippen LogP contribution in [0.25, 0.3) is 0 Å². The van der Waals surface area contributed by atoms with Crippen LogP contribution in [0.4, 0.5) is 11.6 Å². The normalized spacial score (nSPS) is 10.3. The Morgan fingerprint density at radius 1 is 1.47 bits per heavy atom. The molecule has 0 aliphatic rings. The van der Waals surface area contributed by atoms with E-state index in [0.29, 0.717) is 11.0 Å². The van der Waals surface area contributed by atoms with E-state index in [2.05, 4.69) is 37.9 Å². The van der Waals surface area contributed by atoms with E-state index in [1.54, 1.807) is 6.20 Å². The molecule has 2 rings (SSSR count). The smallest absolute Gasteiger partial charge is 0.204 e. The first kappa shape index (κ1) is 10.8. The second kappa shape index (κ2) is 4.40. The van der Waals surface area contributed by atoms with E-state index in [4.69, 9.17) is 11.6 Å². The molecule has 0 saturated heterocycles. The average molecular weight is 334 g/mol. The molecule has 2 N–H and O–H groups in total. The van der Waals surface area contributed by atoms with E-state index in [9.17, 15) is 0 Å². The third-order valence-corrected chi connectivity index (χ3v) is 2.87. The number of nitrogens with zero attached hydrogens (tertiary/aromatic N) is 1. The number of aromatic nitrogens is 2. The van der Waals surface area contributed by atoms with Gasteiger partial charge in [0.2, 0.25) is 5.95 Å². The largest absolute Gasteiger partial charge is 0.328 e. The number of aromatic amines is 1. The lowest BCUT2D eigenvalue weighted by molar-refractivity contribution is 1.24. The third-order valence-electron chi connectivity index (χ3n) is 1.89. The molecule has 0 amide bonds. The van der Waals surface area contributed by atoms with Gasteiger partial charge in [0, 0.05) is 15.5 Å². The van der Waals surface area contributed by atoms with Crippen molar-refractivity contribution in [1.82, 2.24) is 9.97 Å². The van der Waals surface area contributed by atoms with Gasteiger partial charge in [-0.2, -0.15) is 0 Å². The fraction of sp³-hybridized carbons (Fsp3) is 0.100. The van der Waals surface area contributed by atoms with Gasteiger partial charge < -0.3 is 10.3 Å². The van der Waals surface area contributed by atoms with Crippen molar-refractivity contribution in [2.75, 3.05) is 5.32 Å². The summed E-state index contributed by atoms with van der Waals surface area (Å²) in [5.41, 5.74) is 1.87. The van der Waals surface area contributed by atoms with E-state index >= 15 is 0 Å². The summed E-state index contributed by atoms with van der Waals surface area (Å²) in [6.07, 6.45) is 1.77. The highest BCUT2D eigenvalue weighted by atomic mass is 127. The lowest BCUT2D eigenvalue weighted by Crippen LogP contribution is -1.93. The van der Waals surface area contributed by atoms with E-state index in [0.717, 1.165) is 15.0 Å². The molecular formula is C10H9ClIN3. The minimum absolute atomic E-state index is 0.691. The van der Waals surface area contributed by atoms with Crippen molar-refractivity contribution in [3.63, 3.8) is 0 Å². The van der Waals surface area contributed by atoms with Gasteiger partial charge in [0.15, 0.2) is 0 Å². The van der Waals surface area contributed by atoms with Crippen molar-refractivity contribution >= 4 is 45.8 Å². The molecule has 0 saturated carbocycles. The molecule has 3 nitrogen and oxygen atoms in total. The topological polar surface area (TPSA) is 40.7 Å². The SMILES string of the molecule is Cc1cnc(Nc2ccc(I)cc2Cl)[nH]1. The Morgan fingerprint density at radius 3 is 2.87 bits per heavy atom. The Hall–Kier alpha value is -0.750. The summed E-state index contributed by atoms with van der Waals surface area (Å²) in [5, 5.41) is 3.81. The summed E-state index contributed by atoms with van der Waals surface area (Å²) >= 11 is 8.30. The van der Waals surface area contributed by atoms with Crippen molar-refractivity contribution in [2.45, 2.75) is 6.92 Å². The summed E-state index contributed by atoms with van der Waals surface area (Å²) in [6.45, 7) is 1.95. The second-order valence-electron chi connectivity index (χ2n) is 3.16. The second-order valence-corrected chi connectivity index (χ2v) is 4.82. The van der Waals surface area contributed by atoms with Crippen LogP contribution in [0.1, 0.15) is 5.69 Å². The van der Waals surface area contributed by atoms with Gasteiger partial charge in [0.25, 0.3) is 0 Å². The zero-order valence-corrected chi connectivity index (χ0v) is 10.9. The van der Waals surface area contributed by atoms with Gasteiger partial charge in [-0.25, -0.2) is 4.98 Å². The summed E-state index contributed by atoms with van der Waals surface area (Å²) in [5.74, 6) is 0.704. The van der Waals surface area contributed by atoms with Gasteiger partial charge in [-0.05, 0) is 47.7 Å². The van der Waals surface area contributed by atoms with Crippen LogP contribution in [0.3, 0.4) is 0 Å². The number of rotatable bonds is 2. The predicted octanol–water partition coefficient (Wildman–Crippen LogP) is 3.72. The molecular weight excluding hydrogens is 324 g/mol. The lowest BCUT2D eigenvalue weighted by atomic mass is 10.3. The minimum atomic E-state index is 0.691. The monoisotopic (exact) mass is 333 g/mol. The van der Waals surface area contributed by atoms with Crippen LogP contribution >= 0.6 is 34.2 Å². The number of hydrogen-bond donors (Lipinski definition) is 2. The molecule has 0 aliphatic carbocycles. The van der Waals surface area contributed by atoms with Gasteiger partial charge >= 0.3 is 0 Å². The number of halogens is 2. The van der Waals surface area contributed by atoms with Gasteiger partial charge in [0.1, 0.15) is 0 Å². The molecule has 0 unspecified atom stereocenters. The highest BCUT2D eigenvalue weighted by Gasteiger charge is 2.02. The molecule has 1 aromatic heterocycles. The maximum atomic E-state index is 6.08. The van der Waals surface area contributed by atoms with Gasteiger partial charge in [-0.3, -0.25) is 0 Å². The maximum Gasteiger partial charge on any atom is 0.204 e. The van der Waals surface area contributed by atoms with Crippen molar-refractivity contribution < 1.29 is 0 Å². The van der Waals surface area contributed by atoms with Crippen LogP contribution in [-0.4, -0.2) is 9.97 Å². The molecule has 5 heteroatoms. The number of H-pyrrole nitrogens is 1. The molecule has 0 radical (unpaired) electrons. The summed E-state index contributed by atoms with van der Waals surface area (Å²) in [7, 11) is 0. The number of imidazole rings is 1. The molecule has 0 fully saturated rings. The first-order valence-electron chi connectivity index (χ1n) is 4.39. The van der Waals surface area contributed by atoms with Crippen LogP contribution in [0.15, 0.2) is 24.4 Å². The van der Waals surface area contributed by atoms with Crippen molar-refractivity contribution in [3.05, 3.63) is 38.7 Å². The highest BCUT2D eigenvalue weighted by Crippen LogP contribution is 2.25. The molecule has 0 aliphatic heterocycles. The number of aryl methyl sites for hydroxylation is 1. The van der Waals surface area contributed by atoms with Gasteiger partial charge in [0.05, 0.1) is 10.7 Å². The van der Waals surface area contributed by atoms with E-state index in [1.807, 2.05) is 25.1 Å². The molecule has 0 atom stereocenters. The predicted molar refractivity (Wildman–Crippen MR) is 70.8 cm³/mol. The standard InChI is InChI=1S/C10H9ClIN3/c1-6-5-13-10(14-6)15-9-3-2-7(12)4-8(9)11/h2-5H,1H3,(H2,13,14,15). The third kappa shape index (κ3) is 2.63. The van der Waals surface area contributed by atoms with Crippen LogP contribution in [0, 0.1) is 10.5 Å². The Kier molecular flexibility index (Phi) is 3.16. The fourth-order valence-corrected chi connectivity index (χ4v) is 2.10. The Bertz CT molecular complexity index is 481. The quantitative estimate of drug-likeness (QED) is 0.822. The average Bonchev–Trinajstić information content (AvgIpc) is 2.56. The van der Waals surface area contributed by atoms with E-state index in [-0.39, 0.29) is 0 Å². The lowest BCUT2D eigenvalue weighted by Gasteiger charge is -2.05. The van der Waals surface area contributed by atoms with Gasteiger partial charge in [-0.1, -0.05) is 11.6 Å². The Labute approximate surface area is 106 Å². The Morgan fingerprint density at radius 2 is 2.27 bits per heavy atom. The number of benzene rings is 1. The van der Waals surface area contributed by atoms with Crippen LogP contribution in [-0.2, 0) is 0 Å². The van der Waals surface area contributed by atoms with E-state index < -0.39 is 0 Å². The molecule has 0 spiro atoms. The fourth-order valence-electron chi connectivity index (χ4n) is 1.19. The maximum absolute atomic E-state index is 6.08. The van der Waals surface area contributed by atoms with Crippen LogP contribution < -0.4 is 5.32 Å². The summed E-state index contributed by atoms with van der Waals surface area (Å²) < 4.78 is 1.11. The van der Waals surface area contributed by atoms with Crippen molar-refractivity contribution in [1.29, 1.82) is 0 Å². The zero-order chi connectivity index (χ0) is 10.8.